The number of ketones is 1. The highest BCUT2D eigenvalue weighted by atomic mass is 32.1. The maximum atomic E-state index is 13.0. The van der Waals surface area contributed by atoms with Gasteiger partial charge in [-0.3, -0.25) is 28.9 Å². The number of esters is 1. The van der Waals surface area contributed by atoms with Gasteiger partial charge in [-0.1, -0.05) is 13.8 Å². The first-order valence-electron chi connectivity index (χ1n) is 9.49. The Labute approximate surface area is 180 Å². The molecule has 0 spiro atoms. The van der Waals surface area contributed by atoms with E-state index in [4.69, 9.17) is 15.6 Å². The van der Waals surface area contributed by atoms with Gasteiger partial charge in [0, 0.05) is 25.0 Å². The van der Waals surface area contributed by atoms with Crippen LogP contribution in [0.1, 0.15) is 46.5 Å². The van der Waals surface area contributed by atoms with Crippen LogP contribution in [0.2, 0.25) is 0 Å². The summed E-state index contributed by atoms with van der Waals surface area (Å²) in [6.45, 7) is 4.36. The van der Waals surface area contributed by atoms with Crippen LogP contribution in [0.25, 0.3) is 0 Å². The zero-order valence-electron chi connectivity index (χ0n) is 17.3. The summed E-state index contributed by atoms with van der Waals surface area (Å²) in [4.78, 5) is 73.4. The van der Waals surface area contributed by atoms with Gasteiger partial charge in [0.1, 0.15) is 12.1 Å². The first-order chi connectivity index (χ1) is 14.0. The molecule has 0 radical (unpaired) electrons. The van der Waals surface area contributed by atoms with Gasteiger partial charge < -0.3 is 20.9 Å². The topological polar surface area (TPSA) is 173 Å². The van der Waals surface area contributed by atoms with Gasteiger partial charge in [0.05, 0.1) is 6.61 Å². The molecular weight excluding hydrogens is 418 g/mol. The number of hydrogen-bond donors (Lipinski definition) is 4. The summed E-state index contributed by atoms with van der Waals surface area (Å²) in [5.41, 5.74) is 5.34. The molecule has 0 saturated carbocycles. The van der Waals surface area contributed by atoms with Crippen molar-refractivity contribution in [2.45, 2.75) is 64.6 Å². The van der Waals surface area contributed by atoms with Crippen LogP contribution in [0.5, 0.6) is 0 Å². The van der Waals surface area contributed by atoms with Crippen molar-refractivity contribution in [3.63, 3.8) is 0 Å². The second kappa shape index (κ2) is 13.7. The molecule has 30 heavy (non-hydrogen) atoms. The number of thiol groups is 1. The van der Waals surface area contributed by atoms with E-state index in [0.717, 1.165) is 0 Å². The number of nitrogens with zero attached hydrogens (tertiary/aromatic N) is 1. The number of carboxylic acid groups (broad SMARTS) is 1. The first kappa shape index (κ1) is 27.5. The van der Waals surface area contributed by atoms with Crippen LogP contribution in [-0.2, 0) is 33.5 Å². The van der Waals surface area contributed by atoms with E-state index in [9.17, 15) is 28.8 Å². The van der Waals surface area contributed by atoms with Crippen LogP contribution < -0.4 is 11.1 Å². The molecule has 4 N–H and O–H groups in total. The van der Waals surface area contributed by atoms with Gasteiger partial charge in [0.15, 0.2) is 11.8 Å². The van der Waals surface area contributed by atoms with Crippen molar-refractivity contribution in [1.82, 2.24) is 10.2 Å². The fourth-order valence-electron chi connectivity index (χ4n) is 2.39. The van der Waals surface area contributed by atoms with Crippen molar-refractivity contribution in [1.29, 1.82) is 0 Å². The van der Waals surface area contributed by atoms with Crippen molar-refractivity contribution < 1.29 is 38.6 Å². The zero-order valence-corrected chi connectivity index (χ0v) is 18.1. The van der Waals surface area contributed by atoms with E-state index in [0.29, 0.717) is 4.90 Å². The molecule has 3 amide bonds. The Hall–Kier alpha value is -2.47. The molecule has 0 aromatic rings. The molecule has 0 aromatic carbocycles. The van der Waals surface area contributed by atoms with Gasteiger partial charge in [-0.15, -0.1) is 0 Å². The number of rotatable bonds is 13. The third-order valence-electron chi connectivity index (χ3n) is 4.05. The predicted octanol–water partition coefficient (Wildman–Crippen LogP) is -0.731. The molecule has 12 heteroatoms. The third kappa shape index (κ3) is 8.11. The number of carbonyl (C=O) groups is 6. The minimum Gasteiger partial charge on any atom is -0.480 e. The highest BCUT2D eigenvalue weighted by Gasteiger charge is 2.42. The maximum Gasteiger partial charge on any atom is 0.337 e. The summed E-state index contributed by atoms with van der Waals surface area (Å²) in [5.74, 6) is -5.74. The Morgan fingerprint density at radius 2 is 1.70 bits per heavy atom. The molecule has 0 aliphatic carbocycles. The minimum absolute atomic E-state index is 0.0642. The normalized spacial score (nSPS) is 13.5. The highest BCUT2D eigenvalue weighted by molar-refractivity contribution is 7.80. The molecule has 0 aromatic heterocycles. The molecule has 3 atom stereocenters. The van der Waals surface area contributed by atoms with Crippen LogP contribution in [0.3, 0.4) is 0 Å². The molecule has 11 nitrogen and oxygen atoms in total. The fourth-order valence-corrected chi connectivity index (χ4v) is 2.64. The number of nitrogens with two attached hydrogens (primary N) is 1. The maximum absolute atomic E-state index is 13.0. The second-order valence-electron chi connectivity index (χ2n) is 6.22. The Morgan fingerprint density at radius 1 is 1.10 bits per heavy atom. The average molecular weight is 448 g/mol. The van der Waals surface area contributed by atoms with E-state index in [2.05, 4.69) is 17.9 Å². The van der Waals surface area contributed by atoms with E-state index < -0.39 is 53.6 Å². The number of carboxylic acids is 1. The second-order valence-corrected chi connectivity index (χ2v) is 6.58. The largest absolute Gasteiger partial charge is 0.480 e. The van der Waals surface area contributed by atoms with Gasteiger partial charge in [0.2, 0.25) is 11.8 Å². The Morgan fingerprint density at radius 3 is 2.13 bits per heavy atom. The first-order valence-corrected chi connectivity index (χ1v) is 10.1. The summed E-state index contributed by atoms with van der Waals surface area (Å²) in [5, 5.41) is 11.1. The lowest BCUT2D eigenvalue weighted by molar-refractivity contribution is -0.165. The number of Topliss-reactive ketones (excluding diaryl/α,β-unsaturated/α-hetero) is 1. The molecule has 0 fully saturated rings. The molecule has 3 unspecified atom stereocenters. The minimum atomic E-state index is -1.77. The van der Waals surface area contributed by atoms with Crippen molar-refractivity contribution in [3.05, 3.63) is 0 Å². The lowest BCUT2D eigenvalue weighted by Crippen LogP contribution is -2.59. The van der Waals surface area contributed by atoms with Gasteiger partial charge >= 0.3 is 11.9 Å². The van der Waals surface area contributed by atoms with Gasteiger partial charge in [-0.05, 0) is 13.3 Å². The lowest BCUT2D eigenvalue weighted by atomic mass is 10.1. The lowest BCUT2D eigenvalue weighted by Gasteiger charge is -2.30. The van der Waals surface area contributed by atoms with Gasteiger partial charge in [-0.25, -0.2) is 4.79 Å². The Balaban J connectivity index is 5.66. The summed E-state index contributed by atoms with van der Waals surface area (Å²) in [7, 11) is 0. The van der Waals surface area contributed by atoms with E-state index >= 15 is 0 Å². The Bertz CT molecular complexity index is 670. The zero-order chi connectivity index (χ0) is 23.4. The number of carbonyl (C=O) groups excluding carboxylic acids is 5. The fraction of sp³-hybridized carbons (Fsp3) is 0.667. The van der Waals surface area contributed by atoms with Crippen LogP contribution >= 0.6 is 12.6 Å². The van der Waals surface area contributed by atoms with Gasteiger partial charge in [-0.2, -0.15) is 12.6 Å². The van der Waals surface area contributed by atoms with Crippen molar-refractivity contribution in [3.8, 4) is 0 Å². The number of hydrogen-bond acceptors (Lipinski definition) is 9. The molecular formula is C18H29N3O8S. The summed E-state index contributed by atoms with van der Waals surface area (Å²) >= 11 is 4.01. The standard InChI is InChI=1S/C18H29N3O8S/c1-4-12(22)15(18(28)29-6-3)21(14(24)5-2)16(25)11(9-30)20-13(23)8-7-10(19)17(26)27/h10-11,15,30H,4-9,19H2,1-3H3,(H,20,23)(H,26,27). The van der Waals surface area contributed by atoms with Crippen LogP contribution in [0.15, 0.2) is 0 Å². The summed E-state index contributed by atoms with van der Waals surface area (Å²) in [6.07, 6.45) is -0.775. The monoisotopic (exact) mass is 447 g/mol. The SMILES string of the molecule is CCOC(=O)C(C(=O)CC)N(C(=O)CC)C(=O)C(CS)NC(=O)CCC(N)C(=O)O. The van der Waals surface area contributed by atoms with E-state index in [1.165, 1.54) is 20.8 Å². The van der Waals surface area contributed by atoms with Gasteiger partial charge in [0.25, 0.3) is 5.91 Å². The highest BCUT2D eigenvalue weighted by Crippen LogP contribution is 2.12. The summed E-state index contributed by atoms with van der Waals surface area (Å²) < 4.78 is 4.85. The summed E-state index contributed by atoms with van der Waals surface area (Å²) in [6, 6.07) is -4.36. The van der Waals surface area contributed by atoms with E-state index in [1.807, 2.05) is 0 Å². The average Bonchev–Trinajstić information content (AvgIpc) is 2.72. The molecule has 0 rings (SSSR count). The molecule has 0 aliphatic heterocycles. The molecule has 0 aliphatic rings. The predicted molar refractivity (Wildman–Crippen MR) is 108 cm³/mol. The third-order valence-corrected chi connectivity index (χ3v) is 4.41. The number of amides is 3. The molecule has 0 saturated heterocycles. The number of ether oxygens (including phenoxy) is 1. The number of aliphatic carboxylic acids is 1. The van der Waals surface area contributed by atoms with Crippen LogP contribution in [-0.4, -0.2) is 75.9 Å². The molecule has 0 bridgehead atoms. The van der Waals surface area contributed by atoms with E-state index in [1.54, 1.807) is 0 Å². The van der Waals surface area contributed by atoms with Crippen molar-refractivity contribution >= 4 is 48.1 Å². The quantitative estimate of drug-likeness (QED) is 0.161. The van der Waals surface area contributed by atoms with Crippen molar-refractivity contribution in [2.24, 2.45) is 5.73 Å². The number of imide groups is 1. The van der Waals surface area contributed by atoms with Crippen molar-refractivity contribution in [2.75, 3.05) is 12.4 Å². The van der Waals surface area contributed by atoms with E-state index in [-0.39, 0.29) is 38.0 Å². The van der Waals surface area contributed by atoms with Crippen LogP contribution in [0.4, 0.5) is 0 Å². The Kier molecular flexibility index (Phi) is 12.6. The molecule has 170 valence electrons. The van der Waals surface area contributed by atoms with Crippen LogP contribution in [0, 0.1) is 0 Å². The molecule has 0 heterocycles. The smallest absolute Gasteiger partial charge is 0.337 e. The number of nitrogens with one attached hydrogen (secondary N) is 1.